The summed E-state index contributed by atoms with van der Waals surface area (Å²) in [6.07, 6.45) is 1.13. The van der Waals surface area contributed by atoms with Crippen LogP contribution in [0, 0.1) is 5.82 Å². The number of hydrogen-bond donors (Lipinski definition) is 2. The molecule has 0 unspecified atom stereocenters. The van der Waals surface area contributed by atoms with Gasteiger partial charge in [0.25, 0.3) is 5.91 Å². The lowest BCUT2D eigenvalue weighted by Crippen LogP contribution is -2.36. The fourth-order valence-corrected chi connectivity index (χ4v) is 5.49. The first kappa shape index (κ1) is 21.3. The van der Waals surface area contributed by atoms with E-state index in [-0.39, 0.29) is 23.4 Å². The standard InChI is InChI=1S/C27H23FN2O2S/c1-16-24(27(32)30-21-9-7-20(28)8-10-21)25(18-11-12-33-15-18)26-22(29-16)13-19(14-23(26)31)17-5-3-2-4-6-17/h2-12,15,19,25,29H,13-14H2,1H3,(H,30,32)/t19-,25+/m1/s1. The Labute approximate surface area is 195 Å². The van der Waals surface area contributed by atoms with Gasteiger partial charge in [-0.1, -0.05) is 30.3 Å². The Morgan fingerprint density at radius 3 is 2.48 bits per heavy atom. The summed E-state index contributed by atoms with van der Waals surface area (Å²) >= 11 is 1.54. The zero-order valence-corrected chi connectivity index (χ0v) is 18.9. The number of Topliss-reactive ketones (excluding diaryl/α,β-unsaturated/α-hetero) is 1. The van der Waals surface area contributed by atoms with Crippen molar-refractivity contribution in [3.8, 4) is 0 Å². The molecular formula is C27H23FN2O2S. The van der Waals surface area contributed by atoms with Crippen molar-refractivity contribution in [1.82, 2.24) is 5.32 Å². The molecule has 2 heterocycles. The molecule has 1 amide bonds. The Morgan fingerprint density at radius 1 is 1.03 bits per heavy atom. The maximum atomic E-state index is 13.5. The highest BCUT2D eigenvalue weighted by atomic mass is 32.1. The van der Waals surface area contributed by atoms with Crippen LogP contribution in [-0.4, -0.2) is 11.7 Å². The van der Waals surface area contributed by atoms with E-state index in [0.717, 1.165) is 28.9 Å². The Balaban J connectivity index is 1.52. The molecule has 0 radical (unpaired) electrons. The zero-order chi connectivity index (χ0) is 22.9. The van der Waals surface area contributed by atoms with E-state index in [9.17, 15) is 14.0 Å². The second-order valence-corrected chi connectivity index (χ2v) is 9.23. The number of rotatable bonds is 4. The minimum atomic E-state index is -0.433. The number of nitrogens with one attached hydrogen (secondary N) is 2. The van der Waals surface area contributed by atoms with Crippen molar-refractivity contribution in [3.05, 3.63) is 111 Å². The van der Waals surface area contributed by atoms with Gasteiger partial charge in [0.1, 0.15) is 5.82 Å². The van der Waals surface area contributed by atoms with Crippen LogP contribution in [0.4, 0.5) is 10.1 Å². The summed E-state index contributed by atoms with van der Waals surface area (Å²) in [5.41, 5.74) is 5.40. The predicted molar refractivity (Wildman–Crippen MR) is 128 cm³/mol. The SMILES string of the molecule is CC1=C(C(=O)Nc2ccc(F)cc2)[C@H](c2ccsc2)C2=C(C[C@@H](c3ccccc3)CC2=O)N1. The van der Waals surface area contributed by atoms with Gasteiger partial charge in [0.15, 0.2) is 5.78 Å². The van der Waals surface area contributed by atoms with Gasteiger partial charge in [-0.05, 0) is 71.5 Å². The van der Waals surface area contributed by atoms with Gasteiger partial charge >= 0.3 is 0 Å². The highest BCUT2D eigenvalue weighted by Crippen LogP contribution is 2.46. The van der Waals surface area contributed by atoms with Crippen LogP contribution in [0.25, 0.3) is 0 Å². The molecule has 6 heteroatoms. The third kappa shape index (κ3) is 4.14. The molecule has 0 spiro atoms. The molecule has 1 aliphatic carbocycles. The molecule has 0 saturated carbocycles. The normalized spacial score (nSPS) is 20.4. The number of dihydropyridines is 1. The summed E-state index contributed by atoms with van der Waals surface area (Å²) in [5, 5.41) is 10.2. The number of ketones is 1. The van der Waals surface area contributed by atoms with E-state index < -0.39 is 5.92 Å². The summed E-state index contributed by atoms with van der Waals surface area (Å²) in [6, 6.07) is 17.7. The molecule has 1 aliphatic heterocycles. The highest BCUT2D eigenvalue weighted by molar-refractivity contribution is 7.08. The maximum Gasteiger partial charge on any atom is 0.254 e. The first-order valence-electron chi connectivity index (χ1n) is 10.9. The number of allylic oxidation sites excluding steroid dienone is 3. The highest BCUT2D eigenvalue weighted by Gasteiger charge is 2.41. The number of halogens is 1. The van der Waals surface area contributed by atoms with Crippen LogP contribution in [0.5, 0.6) is 0 Å². The summed E-state index contributed by atoms with van der Waals surface area (Å²) in [7, 11) is 0. The quantitative estimate of drug-likeness (QED) is 0.513. The van der Waals surface area contributed by atoms with Crippen molar-refractivity contribution in [2.45, 2.75) is 31.6 Å². The minimum absolute atomic E-state index is 0.0633. The maximum absolute atomic E-state index is 13.5. The van der Waals surface area contributed by atoms with Crippen molar-refractivity contribution in [2.75, 3.05) is 5.32 Å². The van der Waals surface area contributed by atoms with Crippen LogP contribution in [0.1, 0.15) is 42.7 Å². The Hall–Kier alpha value is -3.51. The molecule has 3 aromatic rings. The molecule has 33 heavy (non-hydrogen) atoms. The van der Waals surface area contributed by atoms with Gasteiger partial charge in [-0.15, -0.1) is 0 Å². The number of carbonyl (C=O) groups is 2. The van der Waals surface area contributed by atoms with Crippen LogP contribution >= 0.6 is 11.3 Å². The second-order valence-electron chi connectivity index (χ2n) is 8.45. The van der Waals surface area contributed by atoms with Crippen molar-refractivity contribution in [2.24, 2.45) is 0 Å². The lowest BCUT2D eigenvalue weighted by Gasteiger charge is -2.36. The third-order valence-electron chi connectivity index (χ3n) is 6.32. The van der Waals surface area contributed by atoms with Gasteiger partial charge in [0.05, 0.1) is 0 Å². The van der Waals surface area contributed by atoms with E-state index in [1.54, 1.807) is 11.3 Å². The molecule has 2 atom stereocenters. The molecule has 1 aromatic heterocycles. The second kappa shape index (κ2) is 8.79. The Morgan fingerprint density at radius 2 is 1.79 bits per heavy atom. The smallest absolute Gasteiger partial charge is 0.254 e. The average molecular weight is 459 g/mol. The van der Waals surface area contributed by atoms with Gasteiger partial charge in [-0.3, -0.25) is 9.59 Å². The Kier molecular flexibility index (Phi) is 5.68. The fraction of sp³-hybridized carbons (Fsp3) is 0.185. The van der Waals surface area contributed by atoms with E-state index in [1.165, 1.54) is 24.3 Å². The molecule has 2 aliphatic rings. The number of hydrogen-bond acceptors (Lipinski definition) is 4. The molecule has 0 saturated heterocycles. The minimum Gasteiger partial charge on any atom is -0.362 e. The largest absolute Gasteiger partial charge is 0.362 e. The first-order valence-corrected chi connectivity index (χ1v) is 11.8. The lowest BCUT2D eigenvalue weighted by atomic mass is 9.72. The van der Waals surface area contributed by atoms with Crippen LogP contribution < -0.4 is 10.6 Å². The molecule has 0 bridgehead atoms. The van der Waals surface area contributed by atoms with E-state index in [1.807, 2.05) is 41.9 Å². The molecule has 0 fully saturated rings. The van der Waals surface area contributed by atoms with E-state index in [0.29, 0.717) is 23.3 Å². The van der Waals surface area contributed by atoms with Gasteiger partial charge in [0, 0.05) is 40.6 Å². The van der Waals surface area contributed by atoms with Crippen molar-refractivity contribution >= 4 is 28.7 Å². The summed E-state index contributed by atoms with van der Waals surface area (Å²) in [6.45, 7) is 1.87. The zero-order valence-electron chi connectivity index (χ0n) is 18.1. The van der Waals surface area contributed by atoms with Gasteiger partial charge in [-0.25, -0.2) is 4.39 Å². The van der Waals surface area contributed by atoms with Crippen LogP contribution in [0.3, 0.4) is 0 Å². The van der Waals surface area contributed by atoms with Gasteiger partial charge in [-0.2, -0.15) is 11.3 Å². The fourth-order valence-electron chi connectivity index (χ4n) is 4.81. The summed E-state index contributed by atoms with van der Waals surface area (Å²) in [4.78, 5) is 26.9. The topological polar surface area (TPSA) is 58.2 Å². The van der Waals surface area contributed by atoms with Crippen molar-refractivity contribution < 1.29 is 14.0 Å². The molecule has 2 aromatic carbocycles. The van der Waals surface area contributed by atoms with Crippen molar-refractivity contribution in [3.63, 3.8) is 0 Å². The summed E-state index contributed by atoms with van der Waals surface area (Å²) < 4.78 is 13.3. The molecule has 5 rings (SSSR count). The molecule has 4 nitrogen and oxygen atoms in total. The van der Waals surface area contributed by atoms with Crippen molar-refractivity contribution in [1.29, 1.82) is 0 Å². The lowest BCUT2D eigenvalue weighted by molar-refractivity contribution is -0.116. The average Bonchev–Trinajstić information content (AvgIpc) is 3.35. The predicted octanol–water partition coefficient (Wildman–Crippen LogP) is 5.89. The van der Waals surface area contributed by atoms with Crippen LogP contribution in [0.15, 0.2) is 94.0 Å². The van der Waals surface area contributed by atoms with E-state index >= 15 is 0 Å². The summed E-state index contributed by atoms with van der Waals surface area (Å²) in [5.74, 6) is -0.928. The van der Waals surface area contributed by atoms with Gasteiger partial charge in [0.2, 0.25) is 0 Å². The number of benzene rings is 2. The van der Waals surface area contributed by atoms with Crippen LogP contribution in [-0.2, 0) is 9.59 Å². The third-order valence-corrected chi connectivity index (χ3v) is 7.02. The number of amides is 1. The Bertz CT molecular complexity index is 1260. The number of thiophene rings is 1. The molecular weight excluding hydrogens is 435 g/mol. The van der Waals surface area contributed by atoms with E-state index in [4.69, 9.17) is 0 Å². The molecule has 2 N–H and O–H groups in total. The molecule has 166 valence electrons. The number of carbonyl (C=O) groups excluding carboxylic acids is 2. The monoisotopic (exact) mass is 458 g/mol. The first-order chi connectivity index (χ1) is 16.0. The van der Waals surface area contributed by atoms with E-state index in [2.05, 4.69) is 22.8 Å². The number of anilines is 1. The van der Waals surface area contributed by atoms with Gasteiger partial charge < -0.3 is 10.6 Å². The van der Waals surface area contributed by atoms with Crippen LogP contribution in [0.2, 0.25) is 0 Å².